The van der Waals surface area contributed by atoms with E-state index in [-0.39, 0.29) is 6.10 Å². The van der Waals surface area contributed by atoms with E-state index in [0.717, 1.165) is 5.56 Å². The summed E-state index contributed by atoms with van der Waals surface area (Å²) in [5.74, 6) is 1.77. The van der Waals surface area contributed by atoms with Crippen molar-refractivity contribution >= 4 is 0 Å². The average Bonchev–Trinajstić information content (AvgIpc) is 2.42. The molecule has 1 rings (SSSR count). The quantitative estimate of drug-likeness (QED) is 0.804. The second kappa shape index (κ2) is 7.08. The van der Waals surface area contributed by atoms with Gasteiger partial charge in [-0.15, -0.1) is 0 Å². The minimum atomic E-state index is -0.177. The van der Waals surface area contributed by atoms with Gasteiger partial charge in [0.05, 0.1) is 27.4 Å². The smallest absolute Gasteiger partial charge is 0.203 e. The molecular weight excluding hydrogens is 234 g/mol. The van der Waals surface area contributed by atoms with Crippen molar-refractivity contribution in [2.24, 2.45) is 5.73 Å². The fourth-order valence-electron chi connectivity index (χ4n) is 1.79. The lowest BCUT2D eigenvalue weighted by Crippen LogP contribution is -2.16. The highest BCUT2D eigenvalue weighted by atomic mass is 16.5. The summed E-state index contributed by atoms with van der Waals surface area (Å²) in [6.45, 7) is 2.92. The van der Waals surface area contributed by atoms with Crippen molar-refractivity contribution < 1.29 is 18.9 Å². The van der Waals surface area contributed by atoms with E-state index in [0.29, 0.717) is 30.4 Å². The first-order valence-corrected chi connectivity index (χ1v) is 5.83. The highest BCUT2D eigenvalue weighted by molar-refractivity contribution is 5.54. The van der Waals surface area contributed by atoms with E-state index in [1.54, 1.807) is 21.3 Å². The van der Waals surface area contributed by atoms with Gasteiger partial charge in [-0.25, -0.2) is 0 Å². The molecule has 0 aliphatic carbocycles. The third-order valence-corrected chi connectivity index (χ3v) is 2.64. The van der Waals surface area contributed by atoms with Crippen LogP contribution in [0.1, 0.15) is 18.6 Å². The van der Waals surface area contributed by atoms with Crippen LogP contribution >= 0.6 is 0 Å². The van der Waals surface area contributed by atoms with Gasteiger partial charge < -0.3 is 24.7 Å². The summed E-state index contributed by atoms with van der Waals surface area (Å²) in [5, 5.41) is 0. The number of benzene rings is 1. The first kappa shape index (κ1) is 14.6. The Morgan fingerprint density at radius 3 is 1.94 bits per heavy atom. The molecule has 0 heterocycles. The zero-order valence-electron chi connectivity index (χ0n) is 11.4. The molecule has 1 aromatic carbocycles. The molecule has 0 spiro atoms. The average molecular weight is 255 g/mol. The van der Waals surface area contributed by atoms with Gasteiger partial charge in [0.2, 0.25) is 5.75 Å². The van der Waals surface area contributed by atoms with Crippen molar-refractivity contribution in [3.8, 4) is 17.2 Å². The topological polar surface area (TPSA) is 62.9 Å². The molecule has 5 nitrogen and oxygen atoms in total. The first-order valence-electron chi connectivity index (χ1n) is 5.83. The van der Waals surface area contributed by atoms with Gasteiger partial charge in [-0.3, -0.25) is 0 Å². The molecule has 0 fully saturated rings. The van der Waals surface area contributed by atoms with Crippen molar-refractivity contribution in [3.63, 3.8) is 0 Å². The van der Waals surface area contributed by atoms with Gasteiger partial charge in [0, 0.05) is 13.2 Å². The number of hydrogen-bond acceptors (Lipinski definition) is 5. The Morgan fingerprint density at radius 1 is 1.06 bits per heavy atom. The van der Waals surface area contributed by atoms with Crippen LogP contribution in [0.2, 0.25) is 0 Å². The zero-order chi connectivity index (χ0) is 13.5. The third kappa shape index (κ3) is 3.05. The largest absolute Gasteiger partial charge is 0.493 e. The molecule has 0 aliphatic heterocycles. The maximum absolute atomic E-state index is 5.71. The molecular formula is C13H21NO4. The Balaban J connectivity index is 3.21. The summed E-state index contributed by atoms with van der Waals surface area (Å²) in [5.41, 5.74) is 6.62. The highest BCUT2D eigenvalue weighted by Crippen LogP contribution is 2.40. The summed E-state index contributed by atoms with van der Waals surface area (Å²) < 4.78 is 21.4. The minimum Gasteiger partial charge on any atom is -0.493 e. The molecule has 18 heavy (non-hydrogen) atoms. The van der Waals surface area contributed by atoms with Crippen molar-refractivity contribution in [2.45, 2.75) is 13.0 Å². The van der Waals surface area contributed by atoms with Crippen LogP contribution in [0.25, 0.3) is 0 Å². The number of nitrogens with two attached hydrogens (primary N) is 1. The number of ether oxygens (including phenoxy) is 4. The van der Waals surface area contributed by atoms with Crippen LogP contribution in [0.4, 0.5) is 0 Å². The molecule has 0 saturated carbocycles. The van der Waals surface area contributed by atoms with Gasteiger partial charge in [-0.2, -0.15) is 0 Å². The van der Waals surface area contributed by atoms with Gasteiger partial charge >= 0.3 is 0 Å². The Morgan fingerprint density at radius 2 is 1.61 bits per heavy atom. The minimum absolute atomic E-state index is 0.177. The molecule has 5 heteroatoms. The molecule has 0 bridgehead atoms. The predicted octanol–water partition coefficient (Wildman–Crippen LogP) is 1.75. The van der Waals surface area contributed by atoms with Crippen molar-refractivity contribution in [1.82, 2.24) is 0 Å². The Kier molecular flexibility index (Phi) is 5.74. The van der Waals surface area contributed by atoms with Crippen LogP contribution in [0, 0.1) is 0 Å². The van der Waals surface area contributed by atoms with Gasteiger partial charge in [-0.1, -0.05) is 0 Å². The van der Waals surface area contributed by atoms with E-state index in [4.69, 9.17) is 24.7 Å². The first-order chi connectivity index (χ1) is 8.71. The Bertz CT molecular complexity index is 356. The molecule has 0 aromatic heterocycles. The second-order valence-electron chi connectivity index (χ2n) is 3.64. The van der Waals surface area contributed by atoms with Crippen LogP contribution in [0.3, 0.4) is 0 Å². The van der Waals surface area contributed by atoms with E-state index in [9.17, 15) is 0 Å². The Hall–Kier alpha value is -1.46. The normalized spacial score (nSPS) is 12.1. The van der Waals surface area contributed by atoms with Crippen molar-refractivity contribution in [3.05, 3.63) is 17.7 Å². The van der Waals surface area contributed by atoms with Gasteiger partial charge in [0.1, 0.15) is 0 Å². The summed E-state index contributed by atoms with van der Waals surface area (Å²) in [7, 11) is 4.74. The fourth-order valence-corrected chi connectivity index (χ4v) is 1.79. The number of rotatable bonds is 7. The number of methoxy groups -OCH3 is 3. The monoisotopic (exact) mass is 255 g/mol. The summed E-state index contributed by atoms with van der Waals surface area (Å²) in [6.07, 6.45) is -0.177. The Labute approximate surface area is 108 Å². The van der Waals surface area contributed by atoms with Crippen LogP contribution in [0.15, 0.2) is 12.1 Å². The lowest BCUT2D eigenvalue weighted by atomic mass is 10.1. The molecule has 0 aliphatic rings. The summed E-state index contributed by atoms with van der Waals surface area (Å²) in [6, 6.07) is 3.71. The van der Waals surface area contributed by atoms with Crippen LogP contribution in [-0.2, 0) is 4.74 Å². The molecule has 1 aromatic rings. The fraction of sp³-hybridized carbons (Fsp3) is 0.538. The van der Waals surface area contributed by atoms with Crippen molar-refractivity contribution in [1.29, 1.82) is 0 Å². The van der Waals surface area contributed by atoms with Crippen LogP contribution in [-0.4, -0.2) is 34.5 Å². The van der Waals surface area contributed by atoms with E-state index in [2.05, 4.69) is 0 Å². The van der Waals surface area contributed by atoms with E-state index < -0.39 is 0 Å². The maximum Gasteiger partial charge on any atom is 0.203 e. The maximum atomic E-state index is 5.71. The highest BCUT2D eigenvalue weighted by Gasteiger charge is 2.18. The van der Waals surface area contributed by atoms with E-state index in [1.807, 2.05) is 19.1 Å². The molecule has 0 saturated heterocycles. The number of hydrogen-bond donors (Lipinski definition) is 1. The molecule has 1 atom stereocenters. The molecule has 2 N–H and O–H groups in total. The van der Waals surface area contributed by atoms with Crippen LogP contribution in [0.5, 0.6) is 17.2 Å². The predicted molar refractivity (Wildman–Crippen MR) is 69.5 cm³/mol. The molecule has 1 unspecified atom stereocenters. The third-order valence-electron chi connectivity index (χ3n) is 2.64. The van der Waals surface area contributed by atoms with Crippen LogP contribution < -0.4 is 19.9 Å². The van der Waals surface area contributed by atoms with E-state index >= 15 is 0 Å². The SMILES string of the molecule is CCOC(CN)c1cc(OC)c(OC)c(OC)c1. The molecule has 102 valence electrons. The molecule has 0 radical (unpaired) electrons. The van der Waals surface area contributed by atoms with E-state index in [1.165, 1.54) is 0 Å². The lowest BCUT2D eigenvalue weighted by Gasteiger charge is -2.19. The summed E-state index contributed by atoms with van der Waals surface area (Å²) in [4.78, 5) is 0. The second-order valence-corrected chi connectivity index (χ2v) is 3.64. The zero-order valence-corrected chi connectivity index (χ0v) is 11.4. The summed E-state index contributed by atoms with van der Waals surface area (Å²) >= 11 is 0. The molecule has 0 amide bonds. The van der Waals surface area contributed by atoms with Gasteiger partial charge in [-0.05, 0) is 24.6 Å². The van der Waals surface area contributed by atoms with Gasteiger partial charge in [0.15, 0.2) is 11.5 Å². The lowest BCUT2D eigenvalue weighted by molar-refractivity contribution is 0.0684. The standard InChI is InChI=1S/C13H21NO4/c1-5-18-12(8-14)9-6-10(15-2)13(17-4)11(7-9)16-3/h6-7,12H,5,8,14H2,1-4H3. The van der Waals surface area contributed by atoms with Crippen molar-refractivity contribution in [2.75, 3.05) is 34.5 Å². The van der Waals surface area contributed by atoms with Gasteiger partial charge in [0.25, 0.3) is 0 Å².